The highest BCUT2D eigenvalue weighted by Crippen LogP contribution is 2.33. The minimum absolute atomic E-state index is 0.000286. The second-order valence-electron chi connectivity index (χ2n) is 5.38. The maximum atomic E-state index is 11.4. The molecule has 0 fully saturated rings. The first-order valence-electron chi connectivity index (χ1n) is 7.47. The number of nitro groups is 1. The van der Waals surface area contributed by atoms with Crippen molar-refractivity contribution < 1.29 is 4.92 Å². The average molecular weight is 353 g/mol. The summed E-state index contributed by atoms with van der Waals surface area (Å²) in [7, 11) is 0. The van der Waals surface area contributed by atoms with Crippen molar-refractivity contribution in [1.82, 2.24) is 15.2 Å². The van der Waals surface area contributed by atoms with E-state index in [4.69, 9.17) is 0 Å². The summed E-state index contributed by atoms with van der Waals surface area (Å²) in [6.07, 6.45) is 1.61. The van der Waals surface area contributed by atoms with Gasteiger partial charge in [0.05, 0.1) is 15.5 Å². The summed E-state index contributed by atoms with van der Waals surface area (Å²) >= 11 is 1.15. The number of nitro benzene ring substituents is 1. The third-order valence-corrected chi connectivity index (χ3v) is 4.28. The predicted molar refractivity (Wildman–Crippen MR) is 96.8 cm³/mol. The second-order valence-corrected chi connectivity index (χ2v) is 6.39. The Labute approximate surface area is 148 Å². The van der Waals surface area contributed by atoms with E-state index >= 15 is 0 Å². The molecule has 0 aliphatic heterocycles. The number of hydrogen-bond acceptors (Lipinski definition) is 6. The smallest absolute Gasteiger partial charge is 0.262 e. The van der Waals surface area contributed by atoms with E-state index in [-0.39, 0.29) is 5.69 Å². The molecule has 0 aliphatic carbocycles. The second kappa shape index (κ2) is 7.27. The minimum Gasteiger partial charge on any atom is -0.262 e. The van der Waals surface area contributed by atoms with Gasteiger partial charge in [0.15, 0.2) is 0 Å². The maximum Gasteiger partial charge on any atom is 0.283 e. The summed E-state index contributed by atoms with van der Waals surface area (Å²) in [5.74, 6) is 0.659. The highest BCUT2D eigenvalue weighted by molar-refractivity contribution is 7.99. The van der Waals surface area contributed by atoms with E-state index in [1.165, 1.54) is 6.07 Å². The molecule has 0 atom stereocenters. The van der Waals surface area contributed by atoms with Gasteiger partial charge in [-0.1, -0.05) is 23.8 Å². The van der Waals surface area contributed by atoms with Gasteiger partial charge in [0, 0.05) is 12.3 Å². The van der Waals surface area contributed by atoms with Gasteiger partial charge >= 0.3 is 0 Å². The Balaban J connectivity index is 1.85. The number of aromatic nitrogens is 3. The number of benzene rings is 2. The van der Waals surface area contributed by atoms with Crippen LogP contribution in [0.1, 0.15) is 17.0 Å². The molecule has 0 spiro atoms. The molecule has 1 N–H and O–H groups in total. The maximum absolute atomic E-state index is 11.4. The molecule has 25 heavy (non-hydrogen) atoms. The Kier molecular flexibility index (Phi) is 4.90. The van der Waals surface area contributed by atoms with Gasteiger partial charge in [-0.05, 0) is 49.4 Å². The molecular weight excluding hydrogens is 338 g/mol. The zero-order valence-corrected chi connectivity index (χ0v) is 14.4. The zero-order valence-electron chi connectivity index (χ0n) is 13.6. The number of aromatic amines is 1. The standard InChI is InChI=1S/C17H15N5O2S/c1-11-3-6-14(7-4-11)18-10-13-5-8-16(15(9-13)22(23)24)25-17-19-12(2)20-21-17/h3-10H,1-2H3,(H,19,20,21). The third kappa shape index (κ3) is 4.30. The Morgan fingerprint density at radius 1 is 1.20 bits per heavy atom. The summed E-state index contributed by atoms with van der Waals surface area (Å²) in [6, 6.07) is 12.7. The molecule has 0 saturated heterocycles. The molecule has 0 aliphatic rings. The topological polar surface area (TPSA) is 97.1 Å². The van der Waals surface area contributed by atoms with E-state index in [0.29, 0.717) is 21.4 Å². The van der Waals surface area contributed by atoms with Crippen LogP contribution in [0.4, 0.5) is 11.4 Å². The summed E-state index contributed by atoms with van der Waals surface area (Å²) in [4.78, 5) is 20.0. The molecule has 0 amide bonds. The quantitative estimate of drug-likeness (QED) is 0.420. The molecule has 0 unspecified atom stereocenters. The lowest BCUT2D eigenvalue weighted by atomic mass is 10.2. The lowest BCUT2D eigenvalue weighted by Crippen LogP contribution is -1.93. The largest absolute Gasteiger partial charge is 0.283 e. The normalized spacial score (nSPS) is 11.1. The molecule has 0 radical (unpaired) electrons. The van der Waals surface area contributed by atoms with Crippen LogP contribution in [0.25, 0.3) is 0 Å². The molecule has 8 heteroatoms. The summed E-state index contributed by atoms with van der Waals surface area (Å²) in [5, 5.41) is 18.5. The third-order valence-electron chi connectivity index (χ3n) is 3.35. The van der Waals surface area contributed by atoms with Gasteiger partial charge in [-0.3, -0.25) is 20.2 Å². The van der Waals surface area contributed by atoms with Crippen LogP contribution in [0.15, 0.2) is 57.5 Å². The zero-order chi connectivity index (χ0) is 17.8. The first-order valence-corrected chi connectivity index (χ1v) is 8.29. The van der Waals surface area contributed by atoms with Crippen LogP contribution in [0.2, 0.25) is 0 Å². The van der Waals surface area contributed by atoms with Crippen LogP contribution in [0.3, 0.4) is 0 Å². The van der Waals surface area contributed by atoms with Crippen molar-refractivity contribution in [2.24, 2.45) is 4.99 Å². The summed E-state index contributed by atoms with van der Waals surface area (Å²) in [5.41, 5.74) is 2.60. The molecule has 0 bridgehead atoms. The van der Waals surface area contributed by atoms with Crippen LogP contribution in [0.5, 0.6) is 0 Å². The number of nitrogens with one attached hydrogen (secondary N) is 1. The van der Waals surface area contributed by atoms with Crippen molar-refractivity contribution in [2.45, 2.75) is 23.9 Å². The highest BCUT2D eigenvalue weighted by atomic mass is 32.2. The number of hydrogen-bond donors (Lipinski definition) is 1. The summed E-state index contributed by atoms with van der Waals surface area (Å²) in [6.45, 7) is 3.78. The lowest BCUT2D eigenvalue weighted by molar-refractivity contribution is -0.387. The fourth-order valence-corrected chi connectivity index (χ4v) is 2.93. The van der Waals surface area contributed by atoms with E-state index in [2.05, 4.69) is 20.2 Å². The van der Waals surface area contributed by atoms with Crippen molar-refractivity contribution in [2.75, 3.05) is 0 Å². The van der Waals surface area contributed by atoms with Crippen LogP contribution >= 0.6 is 11.8 Å². The molecule has 3 rings (SSSR count). The predicted octanol–water partition coefficient (Wildman–Crippen LogP) is 4.23. The fourth-order valence-electron chi connectivity index (χ4n) is 2.09. The van der Waals surface area contributed by atoms with E-state index in [1.807, 2.05) is 31.2 Å². The Morgan fingerprint density at radius 2 is 1.96 bits per heavy atom. The molecule has 7 nitrogen and oxygen atoms in total. The number of H-pyrrole nitrogens is 1. The average Bonchev–Trinajstić information content (AvgIpc) is 3.00. The summed E-state index contributed by atoms with van der Waals surface area (Å²) < 4.78 is 0. The van der Waals surface area contributed by atoms with Gasteiger partial charge in [-0.15, -0.1) is 5.10 Å². The van der Waals surface area contributed by atoms with E-state index in [0.717, 1.165) is 23.0 Å². The van der Waals surface area contributed by atoms with Gasteiger partial charge in [0.1, 0.15) is 5.82 Å². The van der Waals surface area contributed by atoms with Gasteiger partial charge in [0.2, 0.25) is 5.16 Å². The molecule has 0 saturated carbocycles. The Bertz CT molecular complexity index is 934. The molecule has 1 aromatic heterocycles. The van der Waals surface area contributed by atoms with E-state index < -0.39 is 4.92 Å². The van der Waals surface area contributed by atoms with Crippen LogP contribution in [0, 0.1) is 24.0 Å². The van der Waals surface area contributed by atoms with Crippen LogP contribution < -0.4 is 0 Å². The van der Waals surface area contributed by atoms with Gasteiger partial charge in [-0.25, -0.2) is 4.98 Å². The van der Waals surface area contributed by atoms with E-state index in [9.17, 15) is 10.1 Å². The van der Waals surface area contributed by atoms with Crippen molar-refractivity contribution in [3.63, 3.8) is 0 Å². The highest BCUT2D eigenvalue weighted by Gasteiger charge is 2.17. The number of aliphatic imine (C=N–C) groups is 1. The van der Waals surface area contributed by atoms with Crippen molar-refractivity contribution >= 4 is 29.4 Å². The van der Waals surface area contributed by atoms with Crippen LogP contribution in [-0.4, -0.2) is 26.3 Å². The molecular formula is C17H15N5O2S. The molecule has 126 valence electrons. The van der Waals surface area contributed by atoms with Gasteiger partial charge < -0.3 is 0 Å². The molecule has 3 aromatic rings. The van der Waals surface area contributed by atoms with Crippen LogP contribution in [-0.2, 0) is 0 Å². The number of aryl methyl sites for hydroxylation is 2. The van der Waals surface area contributed by atoms with Gasteiger partial charge in [-0.2, -0.15) is 0 Å². The first-order chi connectivity index (χ1) is 12.0. The minimum atomic E-state index is -0.412. The van der Waals surface area contributed by atoms with Crippen molar-refractivity contribution in [3.8, 4) is 0 Å². The monoisotopic (exact) mass is 353 g/mol. The van der Waals surface area contributed by atoms with E-state index in [1.54, 1.807) is 25.3 Å². The Hall–Kier alpha value is -3.00. The van der Waals surface area contributed by atoms with Crippen molar-refractivity contribution in [1.29, 1.82) is 0 Å². The molecule has 1 heterocycles. The molecule has 2 aromatic carbocycles. The Morgan fingerprint density at radius 3 is 2.60 bits per heavy atom. The number of rotatable bonds is 5. The fraction of sp³-hybridized carbons (Fsp3) is 0.118. The lowest BCUT2D eigenvalue weighted by Gasteiger charge is -2.01. The number of nitrogens with zero attached hydrogens (tertiary/aromatic N) is 4. The first kappa shape index (κ1) is 16.8. The van der Waals surface area contributed by atoms with Gasteiger partial charge in [0.25, 0.3) is 5.69 Å². The van der Waals surface area contributed by atoms with Crippen molar-refractivity contribution in [3.05, 3.63) is 69.5 Å². The SMILES string of the molecule is Cc1ccc(N=Cc2ccc(Sc3n[nH]c(C)n3)c([N+](=O)[O-])c2)cc1.